The lowest BCUT2D eigenvalue weighted by Gasteiger charge is -2.20. The second kappa shape index (κ2) is 8.13. The van der Waals surface area contributed by atoms with E-state index in [1.165, 1.54) is 7.11 Å². The number of ether oxygens (including phenoxy) is 2. The fraction of sp³-hybridized carbons (Fsp3) is 0.286. The summed E-state index contributed by atoms with van der Waals surface area (Å²) in [5, 5.41) is 8.36. The van der Waals surface area contributed by atoms with Crippen LogP contribution in [-0.4, -0.2) is 34.6 Å². The van der Waals surface area contributed by atoms with Gasteiger partial charge in [0.1, 0.15) is 5.60 Å². The van der Waals surface area contributed by atoms with E-state index in [-0.39, 0.29) is 0 Å². The smallest absolute Gasteiger partial charge is 0.412 e. The van der Waals surface area contributed by atoms with Gasteiger partial charge in [-0.05, 0) is 50.6 Å². The number of amides is 1. The van der Waals surface area contributed by atoms with Crippen LogP contribution >= 0.6 is 11.6 Å². The summed E-state index contributed by atoms with van der Waals surface area (Å²) in [4.78, 5) is 24.7. The van der Waals surface area contributed by atoms with Gasteiger partial charge in [-0.2, -0.15) is 5.10 Å². The first-order chi connectivity index (χ1) is 13.7. The molecule has 1 unspecified atom stereocenters. The molecule has 0 spiro atoms. The second-order valence-corrected chi connectivity index (χ2v) is 7.87. The lowest BCUT2D eigenvalue weighted by molar-refractivity contribution is -0.143. The molecule has 1 aromatic heterocycles. The summed E-state index contributed by atoms with van der Waals surface area (Å²) in [6.07, 6.45) is 1.02. The Morgan fingerprint density at radius 1 is 1.14 bits per heavy atom. The fourth-order valence-corrected chi connectivity index (χ4v) is 3.06. The molecule has 0 aliphatic carbocycles. The molecule has 0 bridgehead atoms. The monoisotopic (exact) mass is 415 g/mol. The number of carbonyl (C=O) groups excluding carboxylic acids is 2. The highest BCUT2D eigenvalue weighted by atomic mass is 35.5. The van der Waals surface area contributed by atoms with Crippen LogP contribution in [0.2, 0.25) is 5.02 Å². The molecule has 0 radical (unpaired) electrons. The highest BCUT2D eigenvalue weighted by Crippen LogP contribution is 2.29. The predicted molar refractivity (Wildman–Crippen MR) is 111 cm³/mol. The van der Waals surface area contributed by atoms with Crippen molar-refractivity contribution < 1.29 is 19.1 Å². The molecule has 3 aromatic rings. The molecule has 1 amide bonds. The molecule has 3 rings (SSSR count). The van der Waals surface area contributed by atoms with Crippen molar-refractivity contribution in [3.05, 3.63) is 59.2 Å². The highest BCUT2D eigenvalue weighted by Gasteiger charge is 2.26. The Balaban J connectivity index is 2.02. The number of anilines is 1. The van der Waals surface area contributed by atoms with Gasteiger partial charge in [0.15, 0.2) is 6.04 Å². The molecule has 0 aliphatic heterocycles. The van der Waals surface area contributed by atoms with Crippen molar-refractivity contribution in [3.63, 3.8) is 0 Å². The van der Waals surface area contributed by atoms with E-state index in [1.54, 1.807) is 68.0 Å². The maximum atomic E-state index is 12.6. The third-order valence-electron chi connectivity index (χ3n) is 4.13. The molecule has 0 aliphatic rings. The van der Waals surface area contributed by atoms with Crippen LogP contribution in [0.5, 0.6) is 0 Å². The number of carbonyl (C=O) groups is 2. The van der Waals surface area contributed by atoms with E-state index in [0.717, 1.165) is 0 Å². The van der Waals surface area contributed by atoms with Gasteiger partial charge in [-0.25, -0.2) is 14.3 Å². The minimum absolute atomic E-state index is 0.470. The zero-order valence-corrected chi connectivity index (χ0v) is 17.4. The van der Waals surface area contributed by atoms with Gasteiger partial charge in [0.25, 0.3) is 0 Å². The topological polar surface area (TPSA) is 82.5 Å². The molecule has 0 fully saturated rings. The van der Waals surface area contributed by atoms with Crippen molar-refractivity contribution in [1.82, 2.24) is 9.78 Å². The van der Waals surface area contributed by atoms with Crippen molar-refractivity contribution in [1.29, 1.82) is 0 Å². The lowest BCUT2D eigenvalue weighted by atomic mass is 10.1. The van der Waals surface area contributed by atoms with Crippen LogP contribution in [0.1, 0.15) is 32.4 Å². The normalized spacial score (nSPS) is 12.4. The molecule has 152 valence electrons. The Bertz CT molecular complexity index is 1040. The zero-order valence-electron chi connectivity index (χ0n) is 16.6. The zero-order chi connectivity index (χ0) is 21.2. The van der Waals surface area contributed by atoms with Crippen LogP contribution in [0.4, 0.5) is 10.5 Å². The number of nitrogens with one attached hydrogen (secondary N) is 1. The van der Waals surface area contributed by atoms with E-state index >= 15 is 0 Å². The molecular weight excluding hydrogens is 394 g/mol. The summed E-state index contributed by atoms with van der Waals surface area (Å²) in [5.41, 5.74) is 1.25. The number of hydrogen-bond donors (Lipinski definition) is 1. The van der Waals surface area contributed by atoms with Crippen molar-refractivity contribution >= 4 is 40.3 Å². The molecule has 1 heterocycles. The number of aromatic nitrogens is 2. The first-order valence-electron chi connectivity index (χ1n) is 8.99. The number of halogens is 1. The molecule has 1 N–H and O–H groups in total. The van der Waals surface area contributed by atoms with Gasteiger partial charge in [-0.15, -0.1) is 0 Å². The first kappa shape index (κ1) is 20.7. The van der Waals surface area contributed by atoms with Gasteiger partial charge < -0.3 is 9.47 Å². The Morgan fingerprint density at radius 2 is 1.83 bits per heavy atom. The largest absolute Gasteiger partial charge is 0.467 e. The molecule has 2 aromatic carbocycles. The van der Waals surface area contributed by atoms with E-state index in [2.05, 4.69) is 10.4 Å². The number of methoxy groups -OCH3 is 1. The number of rotatable bonds is 4. The summed E-state index contributed by atoms with van der Waals surface area (Å²) in [5.74, 6) is -0.470. The molecular formula is C21H22ClN3O4. The van der Waals surface area contributed by atoms with Gasteiger partial charge in [-0.3, -0.25) is 5.32 Å². The van der Waals surface area contributed by atoms with Gasteiger partial charge >= 0.3 is 12.1 Å². The van der Waals surface area contributed by atoms with Crippen LogP contribution in [0.25, 0.3) is 10.9 Å². The predicted octanol–water partition coefficient (Wildman–Crippen LogP) is 4.80. The summed E-state index contributed by atoms with van der Waals surface area (Å²) in [6.45, 7) is 5.37. The third kappa shape index (κ3) is 4.68. The summed E-state index contributed by atoms with van der Waals surface area (Å²) < 4.78 is 11.9. The van der Waals surface area contributed by atoms with E-state index in [4.69, 9.17) is 21.1 Å². The number of esters is 1. The molecule has 0 saturated carbocycles. The lowest BCUT2D eigenvalue weighted by Crippen LogP contribution is -2.27. The molecule has 8 heteroatoms. The summed E-state index contributed by atoms with van der Waals surface area (Å²) in [6, 6.07) is 11.4. The fourth-order valence-electron chi connectivity index (χ4n) is 2.93. The molecule has 7 nitrogen and oxygen atoms in total. The van der Waals surface area contributed by atoms with Crippen LogP contribution in [0, 0.1) is 0 Å². The number of benzene rings is 2. The molecule has 29 heavy (non-hydrogen) atoms. The Labute approximate surface area is 173 Å². The van der Waals surface area contributed by atoms with Gasteiger partial charge in [0, 0.05) is 10.4 Å². The average molecular weight is 416 g/mol. The number of hydrogen-bond acceptors (Lipinski definition) is 5. The number of nitrogens with zero attached hydrogens (tertiary/aromatic N) is 2. The quantitative estimate of drug-likeness (QED) is 0.619. The molecule has 0 saturated heterocycles. The Kier molecular flexibility index (Phi) is 5.79. The first-order valence-corrected chi connectivity index (χ1v) is 9.37. The van der Waals surface area contributed by atoms with Gasteiger partial charge in [0.05, 0.1) is 24.5 Å². The molecule has 1 atom stereocenters. The minimum Gasteiger partial charge on any atom is -0.467 e. The average Bonchev–Trinajstić information content (AvgIpc) is 3.06. The van der Waals surface area contributed by atoms with E-state index in [9.17, 15) is 9.59 Å². The second-order valence-electron chi connectivity index (χ2n) is 7.43. The maximum Gasteiger partial charge on any atom is 0.412 e. The van der Waals surface area contributed by atoms with Gasteiger partial charge in [0.2, 0.25) is 0 Å². The van der Waals surface area contributed by atoms with Crippen LogP contribution in [0.3, 0.4) is 0 Å². The number of fused-ring (bicyclic) bond motifs is 1. The van der Waals surface area contributed by atoms with Crippen molar-refractivity contribution in [2.75, 3.05) is 12.4 Å². The van der Waals surface area contributed by atoms with Crippen molar-refractivity contribution in [3.8, 4) is 0 Å². The van der Waals surface area contributed by atoms with E-state index in [0.29, 0.717) is 27.2 Å². The minimum atomic E-state index is -0.799. The van der Waals surface area contributed by atoms with E-state index in [1.807, 2.05) is 6.07 Å². The van der Waals surface area contributed by atoms with Crippen LogP contribution < -0.4 is 5.32 Å². The Hall–Kier alpha value is -3.06. The van der Waals surface area contributed by atoms with Crippen LogP contribution in [-0.2, 0) is 14.3 Å². The van der Waals surface area contributed by atoms with Crippen molar-refractivity contribution in [2.24, 2.45) is 0 Å². The standard InChI is InChI=1S/C21H22ClN3O4/c1-21(2,3)29-20(27)24-16-6-5-7-17-15(16)12-23-25(17)18(19(26)28-4)13-8-10-14(22)11-9-13/h5-12,18H,1-4H3,(H,24,27). The van der Waals surface area contributed by atoms with Crippen LogP contribution in [0.15, 0.2) is 48.7 Å². The van der Waals surface area contributed by atoms with Gasteiger partial charge in [-0.1, -0.05) is 29.8 Å². The highest BCUT2D eigenvalue weighted by molar-refractivity contribution is 6.30. The summed E-state index contributed by atoms with van der Waals surface area (Å²) >= 11 is 5.97. The Morgan fingerprint density at radius 3 is 2.45 bits per heavy atom. The summed E-state index contributed by atoms with van der Waals surface area (Å²) in [7, 11) is 1.33. The third-order valence-corrected chi connectivity index (χ3v) is 4.38. The van der Waals surface area contributed by atoms with Crippen molar-refractivity contribution in [2.45, 2.75) is 32.4 Å². The SMILES string of the molecule is COC(=O)C(c1ccc(Cl)cc1)n1ncc2c(NC(=O)OC(C)(C)C)cccc21. The van der Waals surface area contributed by atoms with E-state index < -0.39 is 23.7 Å². The maximum absolute atomic E-state index is 12.6.